The van der Waals surface area contributed by atoms with Crippen molar-refractivity contribution in [2.24, 2.45) is 0 Å². The fraction of sp³-hybridized carbons (Fsp3) is 0.280. The summed E-state index contributed by atoms with van der Waals surface area (Å²) in [5, 5.41) is 8.38. The maximum Gasteiger partial charge on any atom is 0.268 e. The average Bonchev–Trinajstić information content (AvgIpc) is 3.28. The molecular formula is C25H27N5O. The van der Waals surface area contributed by atoms with Crippen molar-refractivity contribution in [3.8, 4) is 34.3 Å². The van der Waals surface area contributed by atoms with Gasteiger partial charge in [0.05, 0.1) is 17.6 Å². The molecule has 2 aromatic heterocycles. The molecule has 0 atom stereocenters. The molecule has 2 heterocycles. The quantitative estimate of drug-likeness (QED) is 0.376. The monoisotopic (exact) mass is 413 g/mol. The minimum atomic E-state index is 0.378. The first kappa shape index (κ1) is 20.9. The van der Waals surface area contributed by atoms with Crippen molar-refractivity contribution in [1.82, 2.24) is 25.1 Å². The first-order valence-corrected chi connectivity index (χ1v) is 10.6. The van der Waals surface area contributed by atoms with E-state index < -0.39 is 0 Å². The second kappa shape index (κ2) is 9.62. The standard InChI is InChI=1S/C25H27N5O/c1-18-23(25-29-28-24(31-25)21-10-5-4-6-11-21)27-22(17-26-18)20-14-12-19(13-15-20)9-7-8-16-30(2)3/h4-6,10-15,17H,7-9,16H2,1-3H3. The Labute approximate surface area is 183 Å². The van der Waals surface area contributed by atoms with E-state index >= 15 is 0 Å². The van der Waals surface area contributed by atoms with Crippen molar-refractivity contribution in [3.05, 3.63) is 72.1 Å². The molecule has 0 radical (unpaired) electrons. The molecule has 0 aliphatic carbocycles. The van der Waals surface area contributed by atoms with Crippen molar-refractivity contribution in [1.29, 1.82) is 0 Å². The Bertz CT molecular complexity index is 1120. The van der Waals surface area contributed by atoms with Gasteiger partial charge >= 0.3 is 0 Å². The third-order valence-corrected chi connectivity index (χ3v) is 5.17. The normalized spacial score (nSPS) is 11.2. The van der Waals surface area contributed by atoms with Crippen LogP contribution < -0.4 is 0 Å². The van der Waals surface area contributed by atoms with E-state index in [1.807, 2.05) is 37.3 Å². The first-order chi connectivity index (χ1) is 15.1. The Balaban J connectivity index is 1.51. The van der Waals surface area contributed by atoms with Gasteiger partial charge in [-0.25, -0.2) is 4.98 Å². The second-order valence-corrected chi connectivity index (χ2v) is 7.92. The number of benzene rings is 2. The van der Waals surface area contributed by atoms with Gasteiger partial charge in [0.2, 0.25) is 5.89 Å². The predicted octanol–water partition coefficient (Wildman–Crippen LogP) is 5.05. The van der Waals surface area contributed by atoms with Crippen LogP contribution in [0.5, 0.6) is 0 Å². The second-order valence-electron chi connectivity index (χ2n) is 7.92. The lowest BCUT2D eigenvalue weighted by molar-refractivity contribution is 0.394. The molecule has 0 bridgehead atoms. The van der Waals surface area contributed by atoms with Gasteiger partial charge in [-0.15, -0.1) is 10.2 Å². The SMILES string of the molecule is Cc1ncc(-c2ccc(CCCCN(C)C)cc2)nc1-c1nnc(-c2ccccc2)o1. The van der Waals surface area contributed by atoms with Gasteiger partial charge in [-0.05, 0) is 64.5 Å². The molecule has 6 nitrogen and oxygen atoms in total. The molecule has 6 heteroatoms. The fourth-order valence-electron chi connectivity index (χ4n) is 3.41. The molecule has 158 valence electrons. The molecule has 31 heavy (non-hydrogen) atoms. The van der Waals surface area contributed by atoms with E-state index in [0.29, 0.717) is 17.5 Å². The molecule has 0 unspecified atom stereocenters. The number of aromatic nitrogens is 4. The predicted molar refractivity (Wildman–Crippen MR) is 122 cm³/mol. The van der Waals surface area contributed by atoms with Crippen LogP contribution in [0.1, 0.15) is 24.1 Å². The summed E-state index contributed by atoms with van der Waals surface area (Å²) in [6.07, 6.45) is 5.27. The third kappa shape index (κ3) is 5.22. The zero-order chi connectivity index (χ0) is 21.6. The van der Waals surface area contributed by atoms with Gasteiger partial charge in [0.15, 0.2) is 0 Å². The highest BCUT2D eigenvalue weighted by Gasteiger charge is 2.16. The van der Waals surface area contributed by atoms with E-state index in [1.165, 1.54) is 18.4 Å². The van der Waals surface area contributed by atoms with E-state index in [9.17, 15) is 0 Å². The van der Waals surface area contributed by atoms with E-state index in [0.717, 1.165) is 35.5 Å². The number of rotatable bonds is 8. The van der Waals surface area contributed by atoms with Gasteiger partial charge in [0.25, 0.3) is 5.89 Å². The zero-order valence-electron chi connectivity index (χ0n) is 18.2. The van der Waals surface area contributed by atoms with Crippen LogP contribution in [-0.2, 0) is 6.42 Å². The summed E-state index contributed by atoms with van der Waals surface area (Å²) in [5.41, 5.74) is 5.40. The highest BCUT2D eigenvalue weighted by atomic mass is 16.4. The van der Waals surface area contributed by atoms with Crippen molar-refractivity contribution in [2.45, 2.75) is 26.2 Å². The number of unbranched alkanes of at least 4 members (excludes halogenated alkanes) is 1. The van der Waals surface area contributed by atoms with Gasteiger partial charge in [0, 0.05) is 11.1 Å². The molecule has 0 amide bonds. The summed E-state index contributed by atoms with van der Waals surface area (Å²) in [6, 6.07) is 18.3. The van der Waals surface area contributed by atoms with Gasteiger partial charge in [0.1, 0.15) is 5.69 Å². The molecular weight excluding hydrogens is 386 g/mol. The Morgan fingerprint density at radius 3 is 2.32 bits per heavy atom. The lowest BCUT2D eigenvalue weighted by atomic mass is 10.0. The summed E-state index contributed by atoms with van der Waals surface area (Å²) in [7, 11) is 4.23. The largest absolute Gasteiger partial charge is 0.415 e. The van der Waals surface area contributed by atoms with Gasteiger partial charge in [-0.3, -0.25) is 4.98 Å². The van der Waals surface area contributed by atoms with Crippen molar-refractivity contribution in [2.75, 3.05) is 20.6 Å². The van der Waals surface area contributed by atoms with Crippen molar-refractivity contribution < 1.29 is 4.42 Å². The Morgan fingerprint density at radius 1 is 0.839 bits per heavy atom. The van der Waals surface area contributed by atoms with Gasteiger partial charge < -0.3 is 9.32 Å². The molecule has 2 aromatic carbocycles. The molecule has 4 rings (SSSR count). The summed E-state index contributed by atoms with van der Waals surface area (Å²) in [4.78, 5) is 11.5. The summed E-state index contributed by atoms with van der Waals surface area (Å²) in [6.45, 7) is 3.02. The first-order valence-electron chi connectivity index (χ1n) is 10.6. The maximum absolute atomic E-state index is 5.89. The number of hydrogen-bond acceptors (Lipinski definition) is 6. The molecule has 0 aliphatic heterocycles. The van der Waals surface area contributed by atoms with Crippen molar-refractivity contribution in [3.63, 3.8) is 0 Å². The van der Waals surface area contributed by atoms with E-state index in [1.54, 1.807) is 6.20 Å². The van der Waals surface area contributed by atoms with Crippen LogP contribution in [0.15, 0.2) is 65.2 Å². The summed E-state index contributed by atoms with van der Waals surface area (Å²) < 4.78 is 5.89. The van der Waals surface area contributed by atoms with Crippen molar-refractivity contribution >= 4 is 0 Å². The zero-order valence-corrected chi connectivity index (χ0v) is 18.2. The lowest BCUT2D eigenvalue weighted by Gasteiger charge is -2.09. The Kier molecular flexibility index (Phi) is 6.48. The van der Waals surface area contributed by atoms with Gasteiger partial charge in [-0.1, -0.05) is 42.5 Å². The Morgan fingerprint density at radius 2 is 1.58 bits per heavy atom. The van der Waals surface area contributed by atoms with E-state index in [4.69, 9.17) is 9.40 Å². The van der Waals surface area contributed by atoms with Crippen LogP contribution in [0, 0.1) is 6.92 Å². The van der Waals surface area contributed by atoms with E-state index in [-0.39, 0.29) is 0 Å². The summed E-state index contributed by atoms with van der Waals surface area (Å²) in [5.74, 6) is 0.851. The fourth-order valence-corrected chi connectivity index (χ4v) is 3.41. The minimum absolute atomic E-state index is 0.378. The smallest absolute Gasteiger partial charge is 0.268 e. The number of aryl methyl sites for hydroxylation is 2. The molecule has 0 saturated carbocycles. The molecule has 0 aliphatic rings. The molecule has 0 saturated heterocycles. The highest BCUT2D eigenvalue weighted by Crippen LogP contribution is 2.26. The van der Waals surface area contributed by atoms with Crippen LogP contribution in [0.4, 0.5) is 0 Å². The third-order valence-electron chi connectivity index (χ3n) is 5.17. The Hall–Kier alpha value is -3.38. The average molecular weight is 414 g/mol. The lowest BCUT2D eigenvalue weighted by Crippen LogP contribution is -2.12. The minimum Gasteiger partial charge on any atom is -0.415 e. The van der Waals surface area contributed by atoms with Gasteiger partial charge in [-0.2, -0.15) is 0 Å². The molecule has 4 aromatic rings. The van der Waals surface area contributed by atoms with Crippen LogP contribution >= 0.6 is 0 Å². The highest BCUT2D eigenvalue weighted by molar-refractivity contribution is 5.63. The molecule has 0 spiro atoms. The van der Waals surface area contributed by atoms with E-state index in [2.05, 4.69) is 58.4 Å². The molecule has 0 fully saturated rings. The summed E-state index contributed by atoms with van der Waals surface area (Å²) >= 11 is 0. The topological polar surface area (TPSA) is 67.9 Å². The van der Waals surface area contributed by atoms with Crippen LogP contribution in [0.2, 0.25) is 0 Å². The van der Waals surface area contributed by atoms with Crippen LogP contribution in [-0.4, -0.2) is 45.7 Å². The molecule has 0 N–H and O–H groups in total. The maximum atomic E-state index is 5.89. The van der Waals surface area contributed by atoms with Crippen LogP contribution in [0.25, 0.3) is 34.3 Å². The van der Waals surface area contributed by atoms with Crippen LogP contribution in [0.3, 0.4) is 0 Å². The number of hydrogen-bond donors (Lipinski definition) is 0. The number of nitrogens with zero attached hydrogens (tertiary/aromatic N) is 5.